The maximum absolute atomic E-state index is 12.5. The topological polar surface area (TPSA) is 138 Å². The number of ether oxygens (including phenoxy) is 3. The summed E-state index contributed by atoms with van der Waals surface area (Å²) in [5.74, 6) is -0.988. The monoisotopic (exact) mass is 592 g/mol. The molecule has 1 saturated heterocycles. The van der Waals surface area contributed by atoms with Gasteiger partial charge in [-0.05, 0) is 54.9 Å². The van der Waals surface area contributed by atoms with Gasteiger partial charge in [0.2, 0.25) is 0 Å². The van der Waals surface area contributed by atoms with Gasteiger partial charge in [0.1, 0.15) is 5.75 Å². The fourth-order valence-electron chi connectivity index (χ4n) is 5.15. The van der Waals surface area contributed by atoms with Crippen LogP contribution in [-0.4, -0.2) is 64.4 Å². The molecule has 3 aromatic rings. The van der Waals surface area contributed by atoms with E-state index >= 15 is 0 Å². The van der Waals surface area contributed by atoms with Crippen molar-refractivity contribution in [1.82, 2.24) is 4.90 Å². The maximum Gasteiger partial charge on any atom is 0.303 e. The van der Waals surface area contributed by atoms with Gasteiger partial charge in [-0.25, -0.2) is 0 Å². The van der Waals surface area contributed by atoms with Crippen LogP contribution in [0, 0.1) is 5.92 Å². The number of aromatic hydroxyl groups is 1. The zero-order valence-electron chi connectivity index (χ0n) is 24.8. The standard InChI is InChI=1S/C33H40N2O8/c1-20-30(18-35(4)17-29(39)25-7-6-10-28(38)16-25)42-33(43-31(20)24-13-11-23(19-36)12-14-24)26-8-5-9-27(15-26)34-32(40)21(2)41-22(3)37/h5-16,20-21,29-31,33,36,38-39H,17-19H2,1-4H3,(H,34,40). The van der Waals surface area contributed by atoms with Crippen molar-refractivity contribution in [2.75, 3.05) is 25.5 Å². The molecule has 0 aliphatic carbocycles. The molecule has 43 heavy (non-hydrogen) atoms. The number of phenols is 1. The second-order valence-electron chi connectivity index (χ2n) is 11.0. The Labute approximate surface area is 251 Å². The van der Waals surface area contributed by atoms with E-state index in [-0.39, 0.29) is 30.5 Å². The van der Waals surface area contributed by atoms with Gasteiger partial charge in [0.05, 0.1) is 24.9 Å². The molecule has 0 saturated carbocycles. The predicted octanol–water partition coefficient (Wildman–Crippen LogP) is 4.23. The van der Waals surface area contributed by atoms with Crippen LogP contribution in [-0.2, 0) is 30.4 Å². The molecule has 1 fully saturated rings. The molecule has 6 unspecified atom stereocenters. The van der Waals surface area contributed by atoms with Gasteiger partial charge >= 0.3 is 5.97 Å². The zero-order chi connectivity index (χ0) is 31.1. The number of phenolic OH excluding ortho intramolecular Hbond substituents is 1. The third-order valence-electron chi connectivity index (χ3n) is 7.49. The number of nitrogens with one attached hydrogen (secondary N) is 1. The number of carbonyl (C=O) groups excluding carboxylic acids is 2. The van der Waals surface area contributed by atoms with Crippen molar-refractivity contribution in [3.63, 3.8) is 0 Å². The highest BCUT2D eigenvalue weighted by Gasteiger charge is 2.39. The number of hydrogen-bond donors (Lipinski definition) is 4. The Kier molecular flexibility index (Phi) is 10.9. The number of aliphatic hydroxyl groups is 2. The van der Waals surface area contributed by atoms with E-state index in [2.05, 4.69) is 12.2 Å². The molecule has 0 spiro atoms. The number of esters is 1. The molecular formula is C33H40N2O8. The van der Waals surface area contributed by atoms with Crippen LogP contribution in [0.2, 0.25) is 0 Å². The third-order valence-corrected chi connectivity index (χ3v) is 7.49. The minimum atomic E-state index is -0.953. The van der Waals surface area contributed by atoms with Crippen molar-refractivity contribution < 1.29 is 39.1 Å². The Balaban J connectivity index is 1.54. The molecule has 1 heterocycles. The molecule has 10 heteroatoms. The van der Waals surface area contributed by atoms with Crippen LogP contribution in [0.1, 0.15) is 61.5 Å². The summed E-state index contributed by atoms with van der Waals surface area (Å²) in [7, 11) is 1.90. The second-order valence-corrected chi connectivity index (χ2v) is 11.0. The minimum absolute atomic E-state index is 0.0589. The van der Waals surface area contributed by atoms with Gasteiger partial charge in [0, 0.05) is 37.2 Å². The van der Waals surface area contributed by atoms with E-state index in [1.807, 2.05) is 42.3 Å². The first kappa shape index (κ1) is 32.1. The Bertz CT molecular complexity index is 1380. The van der Waals surface area contributed by atoms with Crippen molar-refractivity contribution in [3.8, 4) is 5.75 Å². The Hall–Kier alpha value is -3.80. The highest BCUT2D eigenvalue weighted by atomic mass is 16.7. The maximum atomic E-state index is 12.5. The lowest BCUT2D eigenvalue weighted by molar-refractivity contribution is -0.276. The van der Waals surface area contributed by atoms with Crippen molar-refractivity contribution in [2.24, 2.45) is 5.92 Å². The largest absolute Gasteiger partial charge is 0.508 e. The van der Waals surface area contributed by atoms with E-state index in [0.29, 0.717) is 29.9 Å². The Morgan fingerprint density at radius 1 is 1.02 bits per heavy atom. The van der Waals surface area contributed by atoms with Crippen LogP contribution in [0.4, 0.5) is 5.69 Å². The first-order valence-corrected chi connectivity index (χ1v) is 14.3. The molecule has 0 bridgehead atoms. The van der Waals surface area contributed by atoms with Gasteiger partial charge in [-0.2, -0.15) is 0 Å². The molecule has 4 rings (SSSR count). The zero-order valence-corrected chi connectivity index (χ0v) is 24.8. The van der Waals surface area contributed by atoms with Crippen molar-refractivity contribution in [3.05, 3.63) is 95.1 Å². The van der Waals surface area contributed by atoms with E-state index in [4.69, 9.17) is 14.2 Å². The van der Waals surface area contributed by atoms with Gasteiger partial charge in [-0.1, -0.05) is 55.5 Å². The number of nitrogens with zero attached hydrogens (tertiary/aromatic N) is 1. The Morgan fingerprint density at radius 3 is 2.42 bits per heavy atom. The third kappa shape index (κ3) is 8.62. The van der Waals surface area contributed by atoms with Crippen LogP contribution >= 0.6 is 0 Å². The van der Waals surface area contributed by atoms with E-state index in [1.54, 1.807) is 42.5 Å². The van der Waals surface area contributed by atoms with Gasteiger partial charge in [0.15, 0.2) is 12.4 Å². The summed E-state index contributed by atoms with van der Waals surface area (Å²) < 4.78 is 18.0. The van der Waals surface area contributed by atoms with Crippen molar-refractivity contribution in [2.45, 2.75) is 58.1 Å². The molecule has 1 aliphatic heterocycles. The summed E-state index contributed by atoms with van der Waals surface area (Å²) >= 11 is 0. The number of amides is 1. The molecule has 4 N–H and O–H groups in total. The molecule has 1 aliphatic rings. The fourth-order valence-corrected chi connectivity index (χ4v) is 5.15. The molecule has 3 aromatic carbocycles. The number of hydrogen-bond acceptors (Lipinski definition) is 9. The summed E-state index contributed by atoms with van der Waals surface area (Å²) in [6.45, 7) is 5.55. The van der Waals surface area contributed by atoms with Gasteiger partial charge in [-0.3, -0.25) is 9.59 Å². The summed E-state index contributed by atoms with van der Waals surface area (Å²) in [5, 5.41) is 32.9. The molecule has 1 amide bonds. The van der Waals surface area contributed by atoms with E-state index < -0.39 is 30.4 Å². The lowest BCUT2D eigenvalue weighted by Crippen LogP contribution is -2.44. The molecular weight excluding hydrogens is 552 g/mol. The molecule has 0 aromatic heterocycles. The molecule has 10 nitrogen and oxygen atoms in total. The first-order valence-electron chi connectivity index (χ1n) is 14.3. The lowest BCUT2D eigenvalue weighted by Gasteiger charge is -2.42. The number of aliphatic hydroxyl groups excluding tert-OH is 2. The van der Waals surface area contributed by atoms with Gasteiger partial charge in [0.25, 0.3) is 5.91 Å². The SMILES string of the molecule is CC(=O)OC(C)C(=O)Nc1cccc(C2OC(CN(C)CC(O)c3cccc(O)c3)C(C)C(c3ccc(CO)cc3)O2)c1. The predicted molar refractivity (Wildman–Crippen MR) is 160 cm³/mol. The van der Waals surface area contributed by atoms with Crippen LogP contribution in [0.15, 0.2) is 72.8 Å². The van der Waals surface area contributed by atoms with Crippen molar-refractivity contribution in [1.29, 1.82) is 0 Å². The average molecular weight is 593 g/mol. The number of benzene rings is 3. The minimum Gasteiger partial charge on any atom is -0.508 e. The van der Waals surface area contributed by atoms with E-state index in [9.17, 15) is 24.9 Å². The summed E-state index contributed by atoms with van der Waals surface area (Å²) in [6.07, 6.45) is -3.17. The van der Waals surface area contributed by atoms with E-state index in [1.165, 1.54) is 13.8 Å². The summed E-state index contributed by atoms with van der Waals surface area (Å²) in [5.41, 5.74) is 3.54. The lowest BCUT2D eigenvalue weighted by atomic mass is 9.90. The van der Waals surface area contributed by atoms with Crippen LogP contribution in [0.25, 0.3) is 0 Å². The van der Waals surface area contributed by atoms with E-state index in [0.717, 1.165) is 11.1 Å². The molecule has 6 atom stereocenters. The first-order chi connectivity index (χ1) is 20.5. The number of rotatable bonds is 11. The second kappa shape index (κ2) is 14.6. The normalized spacial score (nSPS) is 21.7. The van der Waals surface area contributed by atoms with Gasteiger partial charge < -0.3 is 39.7 Å². The van der Waals surface area contributed by atoms with Crippen molar-refractivity contribution >= 4 is 17.6 Å². The van der Waals surface area contributed by atoms with Crippen LogP contribution < -0.4 is 5.32 Å². The highest BCUT2D eigenvalue weighted by molar-refractivity contribution is 5.95. The highest BCUT2D eigenvalue weighted by Crippen LogP contribution is 2.42. The van der Waals surface area contributed by atoms with Crippen LogP contribution in [0.5, 0.6) is 5.75 Å². The number of likely N-dealkylation sites (N-methyl/N-ethyl adjacent to an activating group) is 1. The summed E-state index contributed by atoms with van der Waals surface area (Å²) in [6, 6.07) is 21.3. The molecule has 230 valence electrons. The van der Waals surface area contributed by atoms with Crippen LogP contribution in [0.3, 0.4) is 0 Å². The van der Waals surface area contributed by atoms with Gasteiger partial charge in [-0.15, -0.1) is 0 Å². The average Bonchev–Trinajstić information content (AvgIpc) is 2.98. The fraction of sp³-hybridized carbons (Fsp3) is 0.394. The quantitative estimate of drug-likeness (QED) is 0.241. The summed E-state index contributed by atoms with van der Waals surface area (Å²) in [4.78, 5) is 25.8. The number of carbonyl (C=O) groups is 2. The number of anilines is 1. The Morgan fingerprint density at radius 2 is 1.74 bits per heavy atom. The molecule has 0 radical (unpaired) electrons. The smallest absolute Gasteiger partial charge is 0.303 e.